The van der Waals surface area contributed by atoms with E-state index in [1.165, 1.54) is 0 Å². The normalized spacial score (nSPS) is 17.4. The predicted molar refractivity (Wildman–Crippen MR) is 92.2 cm³/mol. The van der Waals surface area contributed by atoms with Crippen LogP contribution < -0.4 is 11.1 Å². The van der Waals surface area contributed by atoms with Gasteiger partial charge in [-0.1, -0.05) is 30.3 Å². The van der Waals surface area contributed by atoms with Gasteiger partial charge >= 0.3 is 0 Å². The molecule has 0 bridgehead atoms. The second-order valence-corrected chi connectivity index (χ2v) is 6.16. The largest absolute Gasteiger partial charge is 0.385 e. The number of carbonyl (C=O) groups excluding carboxylic acids is 2. The average molecular weight is 333 g/mol. The molecule has 1 aromatic rings. The van der Waals surface area contributed by atoms with Crippen molar-refractivity contribution in [2.75, 3.05) is 33.4 Å². The number of nitrogens with zero attached hydrogens (tertiary/aromatic N) is 1. The number of carbonyl (C=O) groups is 2. The van der Waals surface area contributed by atoms with Crippen molar-refractivity contribution in [2.45, 2.75) is 25.3 Å². The van der Waals surface area contributed by atoms with Gasteiger partial charge in [0, 0.05) is 26.2 Å². The van der Waals surface area contributed by atoms with Crippen LogP contribution in [0.1, 0.15) is 30.9 Å². The van der Waals surface area contributed by atoms with Gasteiger partial charge in [0.05, 0.1) is 0 Å². The zero-order valence-corrected chi connectivity index (χ0v) is 14.2. The molecule has 0 aromatic heterocycles. The fraction of sp³-hybridized carbons (Fsp3) is 0.556. The minimum Gasteiger partial charge on any atom is -0.385 e. The number of hydrogen-bond donors (Lipinski definition) is 2. The Morgan fingerprint density at radius 1 is 1.29 bits per heavy atom. The second kappa shape index (κ2) is 9.39. The number of amides is 2. The van der Waals surface area contributed by atoms with E-state index in [-0.39, 0.29) is 17.7 Å². The summed E-state index contributed by atoms with van der Waals surface area (Å²) in [4.78, 5) is 26.2. The lowest BCUT2D eigenvalue weighted by Gasteiger charge is -2.35. The highest BCUT2D eigenvalue weighted by atomic mass is 16.5. The summed E-state index contributed by atoms with van der Waals surface area (Å²) in [5, 5.41) is 2.96. The maximum Gasteiger partial charge on any atom is 0.239 e. The Morgan fingerprint density at radius 2 is 1.96 bits per heavy atom. The molecule has 6 heteroatoms. The number of methoxy groups -OCH3 is 1. The SMILES string of the molecule is COCCCNC(=O)C1CCN([C@@H](C(N)=O)c2ccccc2)CC1. The lowest BCUT2D eigenvalue weighted by Crippen LogP contribution is -2.45. The highest BCUT2D eigenvalue weighted by Gasteiger charge is 2.31. The van der Waals surface area contributed by atoms with Crippen LogP contribution in [-0.4, -0.2) is 50.1 Å². The molecule has 0 spiro atoms. The van der Waals surface area contributed by atoms with E-state index in [0.717, 1.165) is 24.8 Å². The smallest absolute Gasteiger partial charge is 0.239 e. The van der Waals surface area contributed by atoms with Crippen LogP contribution in [0, 0.1) is 5.92 Å². The van der Waals surface area contributed by atoms with Crippen molar-refractivity contribution in [1.29, 1.82) is 0 Å². The number of piperidine rings is 1. The number of primary amides is 1. The summed E-state index contributed by atoms with van der Waals surface area (Å²) >= 11 is 0. The first kappa shape index (κ1) is 18.4. The molecule has 1 aromatic carbocycles. The highest BCUT2D eigenvalue weighted by molar-refractivity contribution is 5.81. The van der Waals surface area contributed by atoms with Gasteiger partial charge in [-0.3, -0.25) is 14.5 Å². The topological polar surface area (TPSA) is 84.7 Å². The quantitative estimate of drug-likeness (QED) is 0.697. The maximum atomic E-state index is 12.2. The first-order valence-corrected chi connectivity index (χ1v) is 8.48. The highest BCUT2D eigenvalue weighted by Crippen LogP contribution is 2.26. The molecule has 24 heavy (non-hydrogen) atoms. The Bertz CT molecular complexity index is 528. The van der Waals surface area contributed by atoms with Crippen LogP contribution in [0.5, 0.6) is 0 Å². The zero-order chi connectivity index (χ0) is 17.4. The van der Waals surface area contributed by atoms with E-state index in [4.69, 9.17) is 10.5 Å². The van der Waals surface area contributed by atoms with E-state index >= 15 is 0 Å². The summed E-state index contributed by atoms with van der Waals surface area (Å²) in [6, 6.07) is 9.16. The van der Waals surface area contributed by atoms with E-state index in [0.29, 0.717) is 26.2 Å². The molecular formula is C18H27N3O3. The van der Waals surface area contributed by atoms with Crippen LogP contribution in [0.4, 0.5) is 0 Å². The molecule has 1 aliphatic heterocycles. The lowest BCUT2D eigenvalue weighted by atomic mass is 9.93. The molecule has 0 unspecified atom stereocenters. The number of rotatable bonds is 8. The number of hydrogen-bond acceptors (Lipinski definition) is 4. The summed E-state index contributed by atoms with van der Waals surface area (Å²) < 4.78 is 4.97. The Morgan fingerprint density at radius 3 is 2.54 bits per heavy atom. The molecule has 1 heterocycles. The standard InChI is InChI=1S/C18H27N3O3/c1-24-13-5-10-20-18(23)15-8-11-21(12-9-15)16(17(19)22)14-6-3-2-4-7-14/h2-4,6-7,15-16H,5,8-13H2,1H3,(H2,19,22)(H,20,23)/t16-/m1/s1. The van der Waals surface area contributed by atoms with Gasteiger partial charge in [0.15, 0.2) is 0 Å². The van der Waals surface area contributed by atoms with E-state index < -0.39 is 6.04 Å². The van der Waals surface area contributed by atoms with E-state index in [1.54, 1.807) is 7.11 Å². The third kappa shape index (κ3) is 5.04. The monoisotopic (exact) mass is 333 g/mol. The fourth-order valence-electron chi connectivity index (χ4n) is 3.18. The van der Waals surface area contributed by atoms with Crippen molar-refractivity contribution in [3.63, 3.8) is 0 Å². The zero-order valence-electron chi connectivity index (χ0n) is 14.2. The van der Waals surface area contributed by atoms with Gasteiger partial charge in [-0.15, -0.1) is 0 Å². The molecule has 2 amide bonds. The Kier molecular flexibility index (Phi) is 7.21. The molecule has 0 radical (unpaired) electrons. The number of nitrogens with one attached hydrogen (secondary N) is 1. The van der Waals surface area contributed by atoms with Gasteiger partial charge in [-0.05, 0) is 37.9 Å². The molecule has 1 aliphatic rings. The summed E-state index contributed by atoms with van der Waals surface area (Å²) in [6.07, 6.45) is 2.30. The van der Waals surface area contributed by atoms with Gasteiger partial charge in [0.1, 0.15) is 6.04 Å². The van der Waals surface area contributed by atoms with Crippen LogP contribution in [-0.2, 0) is 14.3 Å². The van der Waals surface area contributed by atoms with Crippen molar-refractivity contribution in [3.05, 3.63) is 35.9 Å². The van der Waals surface area contributed by atoms with Gasteiger partial charge in [0.25, 0.3) is 0 Å². The van der Waals surface area contributed by atoms with Gasteiger partial charge in [0.2, 0.25) is 11.8 Å². The fourth-order valence-corrected chi connectivity index (χ4v) is 3.18. The van der Waals surface area contributed by atoms with Crippen molar-refractivity contribution in [2.24, 2.45) is 11.7 Å². The predicted octanol–water partition coefficient (Wildman–Crippen LogP) is 1.08. The molecule has 132 valence electrons. The van der Waals surface area contributed by atoms with Gasteiger partial charge < -0.3 is 15.8 Å². The number of nitrogens with two attached hydrogens (primary N) is 1. The molecule has 1 atom stereocenters. The summed E-state index contributed by atoms with van der Waals surface area (Å²) in [5.41, 5.74) is 6.53. The minimum atomic E-state index is -0.420. The van der Waals surface area contributed by atoms with Crippen LogP contribution in [0.3, 0.4) is 0 Å². The maximum absolute atomic E-state index is 12.2. The van der Waals surface area contributed by atoms with Crippen molar-refractivity contribution < 1.29 is 14.3 Å². The molecule has 1 fully saturated rings. The first-order valence-electron chi connectivity index (χ1n) is 8.48. The molecular weight excluding hydrogens is 306 g/mol. The third-order valence-corrected chi connectivity index (χ3v) is 4.47. The van der Waals surface area contributed by atoms with Crippen molar-refractivity contribution in [1.82, 2.24) is 10.2 Å². The average Bonchev–Trinajstić information content (AvgIpc) is 2.60. The molecule has 0 aliphatic carbocycles. The molecule has 1 saturated heterocycles. The molecule has 0 saturated carbocycles. The van der Waals surface area contributed by atoms with Crippen LogP contribution in [0.25, 0.3) is 0 Å². The first-order chi connectivity index (χ1) is 11.6. The number of likely N-dealkylation sites (tertiary alicyclic amines) is 1. The lowest BCUT2D eigenvalue weighted by molar-refractivity contribution is -0.127. The van der Waals surface area contributed by atoms with Crippen LogP contribution >= 0.6 is 0 Å². The minimum absolute atomic E-state index is 0.00750. The Hall–Kier alpha value is -1.92. The van der Waals surface area contributed by atoms with E-state index in [2.05, 4.69) is 10.2 Å². The summed E-state index contributed by atoms with van der Waals surface area (Å²) in [7, 11) is 1.65. The summed E-state index contributed by atoms with van der Waals surface area (Å²) in [6.45, 7) is 2.67. The van der Waals surface area contributed by atoms with Crippen molar-refractivity contribution in [3.8, 4) is 0 Å². The molecule has 2 rings (SSSR count). The van der Waals surface area contributed by atoms with Crippen LogP contribution in [0.2, 0.25) is 0 Å². The number of ether oxygens (including phenoxy) is 1. The molecule has 3 N–H and O–H groups in total. The Balaban J connectivity index is 1.86. The van der Waals surface area contributed by atoms with Gasteiger partial charge in [-0.2, -0.15) is 0 Å². The summed E-state index contributed by atoms with van der Waals surface area (Å²) in [5.74, 6) is -0.238. The van der Waals surface area contributed by atoms with Gasteiger partial charge in [-0.25, -0.2) is 0 Å². The van der Waals surface area contributed by atoms with Crippen LogP contribution in [0.15, 0.2) is 30.3 Å². The molecule has 6 nitrogen and oxygen atoms in total. The van der Waals surface area contributed by atoms with E-state index in [9.17, 15) is 9.59 Å². The second-order valence-electron chi connectivity index (χ2n) is 6.16. The Labute approximate surface area is 143 Å². The van der Waals surface area contributed by atoms with Crippen molar-refractivity contribution >= 4 is 11.8 Å². The number of benzene rings is 1. The third-order valence-electron chi connectivity index (χ3n) is 4.47. The van der Waals surface area contributed by atoms with E-state index in [1.807, 2.05) is 30.3 Å².